The molecule has 68 valence electrons. The Morgan fingerprint density at radius 3 is 3.00 bits per heavy atom. The van der Waals surface area contributed by atoms with Crippen molar-refractivity contribution in [2.45, 2.75) is 0 Å². The number of rotatable bonds is 1. The van der Waals surface area contributed by atoms with Gasteiger partial charge in [0.1, 0.15) is 5.75 Å². The minimum atomic E-state index is 0.942. The molecule has 0 radical (unpaired) electrons. The SMILES string of the molecule is COc1cc(Br)c(I)c2ccsc12. The number of halogens is 2. The van der Waals surface area contributed by atoms with Crippen molar-refractivity contribution < 1.29 is 4.74 Å². The molecule has 0 fully saturated rings. The lowest BCUT2D eigenvalue weighted by molar-refractivity contribution is 0.420. The first-order valence-electron chi connectivity index (χ1n) is 3.63. The zero-order valence-corrected chi connectivity index (χ0v) is 11.4. The van der Waals surface area contributed by atoms with Crippen molar-refractivity contribution in [2.75, 3.05) is 7.11 Å². The maximum atomic E-state index is 5.30. The van der Waals surface area contributed by atoms with Crippen LogP contribution in [0.25, 0.3) is 10.1 Å². The molecule has 1 aromatic heterocycles. The Morgan fingerprint density at radius 1 is 1.54 bits per heavy atom. The van der Waals surface area contributed by atoms with Gasteiger partial charge in [-0.3, -0.25) is 0 Å². The molecule has 0 aliphatic rings. The zero-order chi connectivity index (χ0) is 9.42. The summed E-state index contributed by atoms with van der Waals surface area (Å²) in [4.78, 5) is 0. The molecular weight excluding hydrogens is 363 g/mol. The number of methoxy groups -OCH3 is 1. The first-order chi connectivity index (χ1) is 6.24. The molecular formula is C9H6BrIOS. The summed E-state index contributed by atoms with van der Waals surface area (Å²) in [5.74, 6) is 0.942. The van der Waals surface area contributed by atoms with Gasteiger partial charge >= 0.3 is 0 Å². The largest absolute Gasteiger partial charge is 0.495 e. The number of thiophene rings is 1. The van der Waals surface area contributed by atoms with E-state index in [4.69, 9.17) is 4.74 Å². The maximum Gasteiger partial charge on any atom is 0.137 e. The van der Waals surface area contributed by atoms with E-state index >= 15 is 0 Å². The van der Waals surface area contributed by atoms with Crippen molar-refractivity contribution >= 4 is 59.9 Å². The number of fused-ring (bicyclic) bond motifs is 1. The first kappa shape index (κ1) is 9.73. The summed E-state index contributed by atoms with van der Waals surface area (Å²) in [5, 5.41) is 3.35. The van der Waals surface area contributed by atoms with Crippen molar-refractivity contribution in [2.24, 2.45) is 0 Å². The predicted octanol–water partition coefficient (Wildman–Crippen LogP) is 4.28. The Bertz CT molecular complexity index is 452. The van der Waals surface area contributed by atoms with Crippen molar-refractivity contribution in [1.82, 2.24) is 0 Å². The molecule has 0 aliphatic heterocycles. The van der Waals surface area contributed by atoms with E-state index in [1.165, 1.54) is 13.7 Å². The Kier molecular flexibility index (Phi) is 2.80. The van der Waals surface area contributed by atoms with Gasteiger partial charge in [0.25, 0.3) is 0 Å². The molecule has 13 heavy (non-hydrogen) atoms. The number of benzene rings is 1. The van der Waals surface area contributed by atoms with E-state index in [1.807, 2.05) is 6.07 Å². The molecule has 0 saturated carbocycles. The fourth-order valence-corrected chi connectivity index (χ4v) is 3.30. The van der Waals surface area contributed by atoms with Crippen LogP contribution in [-0.4, -0.2) is 7.11 Å². The summed E-state index contributed by atoms with van der Waals surface area (Å²) in [6, 6.07) is 4.13. The predicted molar refractivity (Wildman–Crippen MR) is 68.8 cm³/mol. The molecule has 1 nitrogen and oxygen atoms in total. The van der Waals surface area contributed by atoms with Gasteiger partial charge in [-0.2, -0.15) is 0 Å². The summed E-state index contributed by atoms with van der Waals surface area (Å²) in [5.41, 5.74) is 0. The van der Waals surface area contributed by atoms with Crippen LogP contribution in [0.15, 0.2) is 22.0 Å². The van der Waals surface area contributed by atoms with Crippen LogP contribution < -0.4 is 4.74 Å². The lowest BCUT2D eigenvalue weighted by atomic mass is 10.2. The normalized spacial score (nSPS) is 10.7. The lowest BCUT2D eigenvalue weighted by Gasteiger charge is -2.04. The van der Waals surface area contributed by atoms with E-state index in [0.29, 0.717) is 0 Å². The number of ether oxygens (including phenoxy) is 1. The molecule has 2 aromatic rings. The minimum Gasteiger partial charge on any atom is -0.495 e. The second kappa shape index (κ2) is 3.74. The minimum absolute atomic E-state index is 0.942. The lowest BCUT2D eigenvalue weighted by Crippen LogP contribution is -1.85. The highest BCUT2D eigenvalue weighted by Crippen LogP contribution is 2.38. The summed E-state index contributed by atoms with van der Waals surface area (Å²) >= 11 is 7.56. The third-order valence-electron chi connectivity index (χ3n) is 1.81. The highest BCUT2D eigenvalue weighted by Gasteiger charge is 2.09. The molecule has 0 saturated heterocycles. The third-order valence-corrected chi connectivity index (χ3v) is 5.27. The summed E-state index contributed by atoms with van der Waals surface area (Å²) in [7, 11) is 1.70. The molecule has 0 N–H and O–H groups in total. The molecule has 2 rings (SSSR count). The average Bonchev–Trinajstić information content (AvgIpc) is 2.60. The van der Waals surface area contributed by atoms with Crippen LogP contribution in [0.5, 0.6) is 5.75 Å². The van der Waals surface area contributed by atoms with Crippen molar-refractivity contribution in [3.8, 4) is 5.75 Å². The fourth-order valence-electron chi connectivity index (χ4n) is 1.20. The highest BCUT2D eigenvalue weighted by molar-refractivity contribution is 14.1. The topological polar surface area (TPSA) is 9.23 Å². The second-order valence-corrected chi connectivity index (χ2v) is 5.39. The van der Waals surface area contributed by atoms with E-state index in [-0.39, 0.29) is 0 Å². The summed E-state index contributed by atoms with van der Waals surface area (Å²) in [6.07, 6.45) is 0. The first-order valence-corrected chi connectivity index (χ1v) is 6.38. The smallest absolute Gasteiger partial charge is 0.137 e. The van der Waals surface area contributed by atoms with Crippen LogP contribution in [0.1, 0.15) is 0 Å². The van der Waals surface area contributed by atoms with E-state index in [2.05, 4.69) is 50.0 Å². The maximum absolute atomic E-state index is 5.30. The van der Waals surface area contributed by atoms with E-state index in [1.54, 1.807) is 18.4 Å². The Balaban J connectivity index is 2.87. The van der Waals surface area contributed by atoms with Crippen molar-refractivity contribution in [3.05, 3.63) is 25.6 Å². The summed E-state index contributed by atoms with van der Waals surface area (Å²) < 4.78 is 8.85. The Hall–Kier alpha value is 0.190. The van der Waals surface area contributed by atoms with Crippen molar-refractivity contribution in [3.63, 3.8) is 0 Å². The zero-order valence-electron chi connectivity index (χ0n) is 6.80. The van der Waals surface area contributed by atoms with Gasteiger partial charge in [0, 0.05) is 13.4 Å². The van der Waals surface area contributed by atoms with Gasteiger partial charge < -0.3 is 4.74 Å². The van der Waals surface area contributed by atoms with Gasteiger partial charge in [0.2, 0.25) is 0 Å². The molecule has 0 aliphatic carbocycles. The van der Waals surface area contributed by atoms with Crippen LogP contribution >= 0.6 is 49.9 Å². The van der Waals surface area contributed by atoms with E-state index in [9.17, 15) is 0 Å². The molecule has 0 spiro atoms. The molecule has 1 heterocycles. The van der Waals surface area contributed by atoms with E-state index < -0.39 is 0 Å². The van der Waals surface area contributed by atoms with E-state index in [0.717, 1.165) is 10.2 Å². The van der Waals surface area contributed by atoms with Crippen LogP contribution in [0.3, 0.4) is 0 Å². The van der Waals surface area contributed by atoms with Gasteiger partial charge in [0.05, 0.1) is 11.8 Å². The molecule has 0 bridgehead atoms. The van der Waals surface area contributed by atoms with Gasteiger partial charge in [-0.15, -0.1) is 11.3 Å². The monoisotopic (exact) mass is 368 g/mol. The average molecular weight is 369 g/mol. The standard InChI is InChI=1S/C9H6BrIOS/c1-12-7-4-6(10)8(11)5-2-3-13-9(5)7/h2-4H,1H3. The quantitative estimate of drug-likeness (QED) is 0.683. The highest BCUT2D eigenvalue weighted by atomic mass is 127. The molecule has 0 amide bonds. The number of hydrogen-bond donors (Lipinski definition) is 0. The van der Waals surface area contributed by atoms with Crippen LogP contribution in [0.4, 0.5) is 0 Å². The third kappa shape index (κ3) is 1.59. The molecule has 0 atom stereocenters. The molecule has 0 unspecified atom stereocenters. The molecule has 4 heteroatoms. The van der Waals surface area contributed by atoms with Gasteiger partial charge in [-0.25, -0.2) is 0 Å². The van der Waals surface area contributed by atoms with Crippen LogP contribution in [0.2, 0.25) is 0 Å². The molecule has 1 aromatic carbocycles. The second-order valence-electron chi connectivity index (χ2n) is 2.54. The Morgan fingerprint density at radius 2 is 2.31 bits per heavy atom. The Labute approximate surface area is 102 Å². The van der Waals surface area contributed by atoms with Crippen LogP contribution in [0, 0.1) is 3.57 Å². The van der Waals surface area contributed by atoms with Gasteiger partial charge in [-0.1, -0.05) is 0 Å². The number of hydrogen-bond acceptors (Lipinski definition) is 2. The van der Waals surface area contributed by atoms with Gasteiger partial charge in [0.15, 0.2) is 0 Å². The van der Waals surface area contributed by atoms with Crippen molar-refractivity contribution in [1.29, 1.82) is 0 Å². The summed E-state index contributed by atoms with van der Waals surface area (Å²) in [6.45, 7) is 0. The fraction of sp³-hybridized carbons (Fsp3) is 0.111. The van der Waals surface area contributed by atoms with Gasteiger partial charge in [-0.05, 0) is 56.0 Å². The van der Waals surface area contributed by atoms with Crippen LogP contribution in [-0.2, 0) is 0 Å².